The van der Waals surface area contributed by atoms with Gasteiger partial charge in [-0.1, -0.05) is 0 Å². The molecule has 2 N–H and O–H groups in total. The molecule has 0 spiro atoms. The van der Waals surface area contributed by atoms with Crippen molar-refractivity contribution < 1.29 is 10.0 Å². The van der Waals surface area contributed by atoms with Crippen LogP contribution in [0.25, 0.3) is 11.4 Å². The van der Waals surface area contributed by atoms with Crippen LogP contribution in [0.2, 0.25) is 0 Å². The summed E-state index contributed by atoms with van der Waals surface area (Å²) < 4.78 is 0. The van der Waals surface area contributed by atoms with Crippen LogP contribution in [-0.4, -0.2) is 26.5 Å². The van der Waals surface area contributed by atoms with Crippen LogP contribution < -0.4 is 5.32 Å². The average Bonchev–Trinajstić information content (AvgIpc) is 3.15. The number of nitrogens with zero attached hydrogens (tertiary/aromatic N) is 3. The standard InChI is InChI=1S/C18H18N4O3S/c1-12-9-16(19-11-18(2,23)14-7-8-26-10-14)21-17(20-12)13-3-5-15(6-4-13)22(24)25/h3-10,23H,11H2,1-2H3,(H,19,20,21). The lowest BCUT2D eigenvalue weighted by molar-refractivity contribution is -0.384. The Morgan fingerprint density at radius 2 is 2.00 bits per heavy atom. The molecule has 0 aliphatic heterocycles. The van der Waals surface area contributed by atoms with Crippen LogP contribution in [0.1, 0.15) is 18.2 Å². The van der Waals surface area contributed by atoms with E-state index in [1.54, 1.807) is 25.1 Å². The Labute approximate surface area is 154 Å². The van der Waals surface area contributed by atoms with Gasteiger partial charge in [-0.25, -0.2) is 9.97 Å². The van der Waals surface area contributed by atoms with Crippen molar-refractivity contribution in [2.45, 2.75) is 19.4 Å². The lowest BCUT2D eigenvalue weighted by Crippen LogP contribution is -2.30. The van der Waals surface area contributed by atoms with Crippen molar-refractivity contribution in [3.63, 3.8) is 0 Å². The van der Waals surface area contributed by atoms with E-state index in [4.69, 9.17) is 0 Å². The summed E-state index contributed by atoms with van der Waals surface area (Å²) in [5, 5.41) is 28.4. The quantitative estimate of drug-likeness (QED) is 0.506. The van der Waals surface area contributed by atoms with Crippen LogP contribution in [0.4, 0.5) is 11.5 Å². The third-order valence-electron chi connectivity index (χ3n) is 3.95. The first-order valence-corrected chi connectivity index (χ1v) is 8.89. The third kappa shape index (κ3) is 4.04. The molecule has 3 aromatic rings. The minimum Gasteiger partial charge on any atom is -0.384 e. The van der Waals surface area contributed by atoms with Crippen molar-refractivity contribution in [2.24, 2.45) is 0 Å². The Morgan fingerprint density at radius 1 is 1.27 bits per heavy atom. The number of aryl methyl sites for hydroxylation is 1. The predicted octanol–water partition coefficient (Wildman–Crippen LogP) is 3.74. The number of thiophene rings is 1. The monoisotopic (exact) mass is 370 g/mol. The number of non-ortho nitro benzene ring substituents is 1. The second-order valence-corrected chi connectivity index (χ2v) is 6.94. The Kier molecular flexibility index (Phi) is 4.97. The van der Waals surface area contributed by atoms with E-state index in [2.05, 4.69) is 15.3 Å². The summed E-state index contributed by atoms with van der Waals surface area (Å²) in [6.07, 6.45) is 0. The van der Waals surface area contributed by atoms with Gasteiger partial charge in [0.1, 0.15) is 11.4 Å². The molecule has 0 aliphatic rings. The van der Waals surface area contributed by atoms with Gasteiger partial charge in [0, 0.05) is 36.0 Å². The molecule has 0 amide bonds. The molecule has 3 rings (SSSR count). The number of nitro benzene ring substituents is 1. The van der Waals surface area contributed by atoms with Gasteiger partial charge in [-0.3, -0.25) is 10.1 Å². The van der Waals surface area contributed by atoms with Crippen molar-refractivity contribution in [3.8, 4) is 11.4 Å². The highest BCUT2D eigenvalue weighted by Gasteiger charge is 2.23. The molecule has 0 bridgehead atoms. The summed E-state index contributed by atoms with van der Waals surface area (Å²) >= 11 is 1.53. The van der Waals surface area contributed by atoms with E-state index in [0.29, 0.717) is 23.8 Å². The summed E-state index contributed by atoms with van der Waals surface area (Å²) in [5.41, 5.74) is 1.28. The molecule has 1 atom stereocenters. The van der Waals surface area contributed by atoms with Crippen molar-refractivity contribution >= 4 is 22.8 Å². The van der Waals surface area contributed by atoms with E-state index < -0.39 is 10.5 Å². The minimum absolute atomic E-state index is 0.0200. The molecule has 26 heavy (non-hydrogen) atoms. The van der Waals surface area contributed by atoms with Crippen LogP contribution in [0.15, 0.2) is 47.2 Å². The molecule has 2 aromatic heterocycles. The van der Waals surface area contributed by atoms with Gasteiger partial charge in [-0.15, -0.1) is 0 Å². The van der Waals surface area contributed by atoms with Gasteiger partial charge >= 0.3 is 0 Å². The summed E-state index contributed by atoms with van der Waals surface area (Å²) in [4.78, 5) is 19.2. The third-order valence-corrected chi connectivity index (χ3v) is 4.63. The number of aliphatic hydroxyl groups is 1. The Balaban J connectivity index is 1.80. The highest BCUT2D eigenvalue weighted by molar-refractivity contribution is 7.08. The molecule has 0 saturated heterocycles. The first kappa shape index (κ1) is 18.0. The van der Waals surface area contributed by atoms with Crippen LogP contribution in [0.3, 0.4) is 0 Å². The first-order valence-electron chi connectivity index (χ1n) is 7.94. The Hall–Kier alpha value is -2.84. The van der Waals surface area contributed by atoms with Gasteiger partial charge in [-0.05, 0) is 48.4 Å². The number of nitrogens with one attached hydrogen (secondary N) is 1. The number of aromatic nitrogens is 2. The van der Waals surface area contributed by atoms with Crippen molar-refractivity contribution in [1.29, 1.82) is 0 Å². The van der Waals surface area contributed by atoms with E-state index in [1.165, 1.54) is 23.5 Å². The van der Waals surface area contributed by atoms with Crippen molar-refractivity contribution in [1.82, 2.24) is 9.97 Å². The van der Waals surface area contributed by atoms with Crippen LogP contribution in [-0.2, 0) is 5.60 Å². The molecule has 0 fully saturated rings. The molecule has 2 heterocycles. The SMILES string of the molecule is Cc1cc(NCC(C)(O)c2ccsc2)nc(-c2ccc([N+](=O)[O-])cc2)n1. The van der Waals surface area contributed by atoms with Crippen LogP contribution in [0, 0.1) is 17.0 Å². The second-order valence-electron chi connectivity index (χ2n) is 6.16. The van der Waals surface area contributed by atoms with Crippen molar-refractivity contribution in [3.05, 3.63) is 68.5 Å². The zero-order chi connectivity index (χ0) is 18.7. The number of nitro groups is 1. The number of anilines is 1. The average molecular weight is 370 g/mol. The maximum Gasteiger partial charge on any atom is 0.269 e. The van der Waals surface area contributed by atoms with E-state index in [9.17, 15) is 15.2 Å². The topological polar surface area (TPSA) is 101 Å². The second kappa shape index (κ2) is 7.19. The lowest BCUT2D eigenvalue weighted by Gasteiger charge is -2.23. The van der Waals surface area contributed by atoms with Crippen LogP contribution >= 0.6 is 11.3 Å². The predicted molar refractivity (Wildman–Crippen MR) is 101 cm³/mol. The van der Waals surface area contributed by atoms with Gasteiger partial charge in [0.15, 0.2) is 5.82 Å². The molecule has 0 aliphatic carbocycles. The molecule has 1 unspecified atom stereocenters. The van der Waals surface area contributed by atoms with E-state index in [0.717, 1.165) is 11.3 Å². The summed E-state index contributed by atoms with van der Waals surface area (Å²) in [6, 6.07) is 9.78. The largest absolute Gasteiger partial charge is 0.384 e. The molecule has 134 valence electrons. The fraction of sp³-hybridized carbons (Fsp3) is 0.222. The van der Waals surface area contributed by atoms with Gasteiger partial charge in [-0.2, -0.15) is 11.3 Å². The maximum atomic E-state index is 10.8. The fourth-order valence-electron chi connectivity index (χ4n) is 2.46. The number of benzene rings is 1. The highest BCUT2D eigenvalue weighted by Crippen LogP contribution is 2.25. The molecular weight excluding hydrogens is 352 g/mol. The van der Waals surface area contributed by atoms with E-state index in [-0.39, 0.29) is 5.69 Å². The number of rotatable bonds is 6. The van der Waals surface area contributed by atoms with Gasteiger partial charge in [0.2, 0.25) is 0 Å². The van der Waals surface area contributed by atoms with Gasteiger partial charge in [0.05, 0.1) is 4.92 Å². The molecular formula is C18H18N4O3S. The number of hydrogen-bond acceptors (Lipinski definition) is 7. The van der Waals surface area contributed by atoms with E-state index in [1.807, 2.05) is 23.8 Å². The summed E-state index contributed by atoms with van der Waals surface area (Å²) in [7, 11) is 0. The van der Waals surface area contributed by atoms with Gasteiger partial charge in [0.25, 0.3) is 5.69 Å². The van der Waals surface area contributed by atoms with Crippen LogP contribution in [0.5, 0.6) is 0 Å². The molecule has 0 radical (unpaired) electrons. The summed E-state index contributed by atoms with van der Waals surface area (Å²) in [6.45, 7) is 3.88. The number of hydrogen-bond donors (Lipinski definition) is 2. The molecule has 0 saturated carbocycles. The van der Waals surface area contributed by atoms with E-state index >= 15 is 0 Å². The minimum atomic E-state index is -1.02. The molecule has 1 aromatic carbocycles. The smallest absolute Gasteiger partial charge is 0.269 e. The Bertz CT molecular complexity index is 909. The first-order chi connectivity index (χ1) is 12.3. The molecule has 7 nitrogen and oxygen atoms in total. The maximum absolute atomic E-state index is 10.8. The normalized spacial score (nSPS) is 13.2. The fourth-order valence-corrected chi connectivity index (χ4v) is 3.24. The Morgan fingerprint density at radius 3 is 2.62 bits per heavy atom. The lowest BCUT2D eigenvalue weighted by atomic mass is 9.99. The highest BCUT2D eigenvalue weighted by atomic mass is 32.1. The molecule has 8 heteroatoms. The van der Waals surface area contributed by atoms with Gasteiger partial charge < -0.3 is 10.4 Å². The van der Waals surface area contributed by atoms with Crippen molar-refractivity contribution in [2.75, 3.05) is 11.9 Å². The zero-order valence-corrected chi connectivity index (χ0v) is 15.2. The summed E-state index contributed by atoms with van der Waals surface area (Å²) in [5.74, 6) is 1.05. The zero-order valence-electron chi connectivity index (χ0n) is 14.3.